The van der Waals surface area contributed by atoms with Crippen LogP contribution < -0.4 is 20.7 Å². The molecule has 0 saturated carbocycles. The van der Waals surface area contributed by atoms with E-state index in [1.807, 2.05) is 30.3 Å². The normalized spacial score (nSPS) is 14.6. The molecular weight excluding hydrogens is 530 g/mol. The van der Waals surface area contributed by atoms with Gasteiger partial charge in [-0.2, -0.15) is 5.26 Å². The molecule has 3 N–H and O–H groups in total. The van der Waals surface area contributed by atoms with Crippen LogP contribution >= 0.6 is 11.8 Å². The molecule has 3 aromatic rings. The standard InChI is InChI=1S/C29H25N5O5S/c1-18-26(28(36)33-23-10-6-7-11-24(23)39-2)27(19-8-4-3-5-9-19)22(16-30)29(31-18)40-17-25(35)32-20-12-14-21(15-13-20)34(37)38/h3-15,27,31H,17H2,1-2H3,(H,32,35)(H,33,36)/t27-/m1/s1. The first-order chi connectivity index (χ1) is 19.3. The Morgan fingerprint density at radius 3 is 2.38 bits per heavy atom. The van der Waals surface area contributed by atoms with Gasteiger partial charge in [0.2, 0.25) is 5.91 Å². The van der Waals surface area contributed by atoms with Gasteiger partial charge in [-0.05, 0) is 36.8 Å². The van der Waals surface area contributed by atoms with E-state index in [-0.39, 0.29) is 17.3 Å². The lowest BCUT2D eigenvalue weighted by molar-refractivity contribution is -0.384. The van der Waals surface area contributed by atoms with E-state index in [1.165, 1.54) is 31.4 Å². The van der Waals surface area contributed by atoms with Crippen molar-refractivity contribution in [2.45, 2.75) is 12.8 Å². The van der Waals surface area contributed by atoms with Gasteiger partial charge < -0.3 is 20.7 Å². The molecule has 0 radical (unpaired) electrons. The number of non-ortho nitro benzene ring substituents is 1. The smallest absolute Gasteiger partial charge is 0.269 e. The van der Waals surface area contributed by atoms with Crippen molar-refractivity contribution in [3.8, 4) is 11.8 Å². The maximum Gasteiger partial charge on any atom is 0.269 e. The number of hydrogen-bond acceptors (Lipinski definition) is 8. The number of carbonyl (C=O) groups is 2. The summed E-state index contributed by atoms with van der Waals surface area (Å²) >= 11 is 1.13. The van der Waals surface area contributed by atoms with Crippen LogP contribution in [0.4, 0.5) is 17.1 Å². The number of nitro groups is 1. The van der Waals surface area contributed by atoms with Crippen molar-refractivity contribution in [1.29, 1.82) is 5.26 Å². The minimum absolute atomic E-state index is 0.0396. The van der Waals surface area contributed by atoms with Gasteiger partial charge in [-0.15, -0.1) is 0 Å². The maximum atomic E-state index is 13.6. The largest absolute Gasteiger partial charge is 0.495 e. The van der Waals surface area contributed by atoms with Crippen molar-refractivity contribution < 1.29 is 19.2 Å². The predicted octanol–water partition coefficient (Wildman–Crippen LogP) is 5.31. The first kappa shape index (κ1) is 27.9. The minimum Gasteiger partial charge on any atom is -0.495 e. The van der Waals surface area contributed by atoms with Crippen molar-refractivity contribution in [3.63, 3.8) is 0 Å². The van der Waals surface area contributed by atoms with E-state index in [0.717, 1.165) is 17.3 Å². The molecule has 0 unspecified atom stereocenters. The third-order valence-electron chi connectivity index (χ3n) is 6.09. The monoisotopic (exact) mass is 555 g/mol. The summed E-state index contributed by atoms with van der Waals surface area (Å²) < 4.78 is 5.37. The zero-order valence-corrected chi connectivity index (χ0v) is 22.5. The van der Waals surface area contributed by atoms with Crippen LogP contribution in [0.15, 0.2) is 101 Å². The van der Waals surface area contributed by atoms with Gasteiger partial charge in [0.15, 0.2) is 0 Å². The molecule has 1 aliphatic rings. The lowest BCUT2D eigenvalue weighted by Crippen LogP contribution is -2.31. The van der Waals surface area contributed by atoms with Gasteiger partial charge in [0.1, 0.15) is 5.75 Å². The average molecular weight is 556 g/mol. The molecule has 3 aromatic carbocycles. The zero-order valence-electron chi connectivity index (χ0n) is 21.6. The zero-order chi connectivity index (χ0) is 28.6. The molecule has 40 heavy (non-hydrogen) atoms. The second kappa shape index (κ2) is 12.6. The highest BCUT2D eigenvalue weighted by Gasteiger charge is 2.35. The van der Waals surface area contributed by atoms with Gasteiger partial charge in [0.25, 0.3) is 11.6 Å². The van der Waals surface area contributed by atoms with Gasteiger partial charge >= 0.3 is 0 Å². The van der Waals surface area contributed by atoms with Crippen LogP contribution in [0, 0.1) is 21.4 Å². The fourth-order valence-corrected chi connectivity index (χ4v) is 5.14. The van der Waals surface area contributed by atoms with E-state index in [9.17, 15) is 25.0 Å². The van der Waals surface area contributed by atoms with Crippen LogP contribution in [0.2, 0.25) is 0 Å². The molecule has 11 heteroatoms. The molecular formula is C29H25N5O5S. The molecule has 0 saturated heterocycles. The Morgan fingerprint density at radius 2 is 1.73 bits per heavy atom. The number of nitrogens with zero attached hydrogens (tertiary/aromatic N) is 2. The summed E-state index contributed by atoms with van der Waals surface area (Å²) in [7, 11) is 1.52. The minimum atomic E-state index is -0.678. The summed E-state index contributed by atoms with van der Waals surface area (Å²) in [6, 6.07) is 24.0. The predicted molar refractivity (Wildman–Crippen MR) is 153 cm³/mol. The second-order valence-corrected chi connectivity index (χ2v) is 9.64. The first-order valence-corrected chi connectivity index (χ1v) is 13.1. The number of anilines is 2. The number of nitrogens with one attached hydrogen (secondary N) is 3. The van der Waals surface area contributed by atoms with Crippen molar-refractivity contribution in [2.75, 3.05) is 23.5 Å². The fraction of sp³-hybridized carbons (Fsp3) is 0.138. The molecule has 0 fully saturated rings. The van der Waals surface area contributed by atoms with Crippen molar-refractivity contribution in [2.24, 2.45) is 0 Å². The van der Waals surface area contributed by atoms with Crippen molar-refractivity contribution in [3.05, 3.63) is 116 Å². The van der Waals surface area contributed by atoms with Crippen LogP contribution in [-0.4, -0.2) is 29.6 Å². The number of amides is 2. The van der Waals surface area contributed by atoms with E-state index < -0.39 is 16.7 Å². The average Bonchev–Trinajstić information content (AvgIpc) is 2.96. The van der Waals surface area contributed by atoms with Gasteiger partial charge in [0.05, 0.1) is 46.1 Å². The Labute approximate surface area is 234 Å². The van der Waals surface area contributed by atoms with Crippen LogP contribution in [0.1, 0.15) is 18.4 Å². The number of ether oxygens (including phenoxy) is 1. The number of rotatable bonds is 9. The highest BCUT2D eigenvalue weighted by Crippen LogP contribution is 2.41. The van der Waals surface area contributed by atoms with Crippen LogP contribution in [0.3, 0.4) is 0 Å². The highest BCUT2D eigenvalue weighted by molar-refractivity contribution is 8.03. The number of methoxy groups -OCH3 is 1. The lowest BCUT2D eigenvalue weighted by Gasteiger charge is -2.30. The molecule has 2 amide bonds. The fourth-order valence-electron chi connectivity index (χ4n) is 4.25. The summed E-state index contributed by atoms with van der Waals surface area (Å²) in [5.74, 6) is -0.968. The van der Waals surface area contributed by atoms with Gasteiger partial charge in [-0.1, -0.05) is 54.2 Å². The van der Waals surface area contributed by atoms with Crippen LogP contribution in [0.5, 0.6) is 5.75 Å². The quantitative estimate of drug-likeness (QED) is 0.238. The number of benzene rings is 3. The molecule has 10 nitrogen and oxygen atoms in total. The number of nitro benzene ring substituents is 1. The third-order valence-corrected chi connectivity index (χ3v) is 7.11. The van der Waals surface area contributed by atoms with Crippen LogP contribution in [-0.2, 0) is 9.59 Å². The summed E-state index contributed by atoms with van der Waals surface area (Å²) in [4.78, 5) is 36.6. The third kappa shape index (κ3) is 6.31. The van der Waals surface area contributed by atoms with Gasteiger partial charge in [-0.25, -0.2) is 0 Å². The van der Waals surface area contributed by atoms with E-state index in [1.54, 1.807) is 31.2 Å². The van der Waals surface area contributed by atoms with E-state index in [4.69, 9.17) is 4.74 Å². The summed E-state index contributed by atoms with van der Waals surface area (Å²) in [6.45, 7) is 1.75. The number of nitriles is 1. The number of allylic oxidation sites excluding steroid dienone is 2. The summed E-state index contributed by atoms with van der Waals surface area (Å²) in [6.07, 6.45) is 0. The Morgan fingerprint density at radius 1 is 1.05 bits per heavy atom. The number of hydrogen-bond donors (Lipinski definition) is 3. The van der Waals surface area contributed by atoms with Crippen molar-refractivity contribution >= 4 is 40.6 Å². The number of para-hydroxylation sites is 2. The molecule has 0 spiro atoms. The molecule has 1 heterocycles. The molecule has 1 atom stereocenters. The molecule has 202 valence electrons. The Balaban J connectivity index is 1.59. The molecule has 1 aliphatic heterocycles. The molecule has 4 rings (SSSR count). The van der Waals surface area contributed by atoms with E-state index in [0.29, 0.717) is 39.0 Å². The van der Waals surface area contributed by atoms with Crippen molar-refractivity contribution in [1.82, 2.24) is 5.32 Å². The Bertz CT molecular complexity index is 1540. The topological polar surface area (TPSA) is 146 Å². The van der Waals surface area contributed by atoms with Gasteiger partial charge in [0, 0.05) is 29.1 Å². The maximum absolute atomic E-state index is 13.6. The number of thioether (sulfide) groups is 1. The molecule has 0 bridgehead atoms. The first-order valence-electron chi connectivity index (χ1n) is 12.1. The summed E-state index contributed by atoms with van der Waals surface area (Å²) in [5, 5.41) is 30.3. The van der Waals surface area contributed by atoms with E-state index >= 15 is 0 Å². The molecule has 0 aromatic heterocycles. The highest BCUT2D eigenvalue weighted by atomic mass is 32.2. The molecule has 0 aliphatic carbocycles. The SMILES string of the molecule is COc1ccccc1NC(=O)C1=C(C)NC(SCC(=O)Nc2ccc([N+](=O)[O-])cc2)=C(C#N)[C@H]1c1ccccc1. The van der Waals surface area contributed by atoms with Gasteiger partial charge in [-0.3, -0.25) is 19.7 Å². The Hall–Kier alpha value is -5.08. The lowest BCUT2D eigenvalue weighted by atomic mass is 9.82. The van der Waals surface area contributed by atoms with E-state index in [2.05, 4.69) is 22.0 Å². The number of carbonyl (C=O) groups excluding carboxylic acids is 2. The summed E-state index contributed by atoms with van der Waals surface area (Å²) in [5.41, 5.74) is 2.78. The van der Waals surface area contributed by atoms with Crippen LogP contribution in [0.25, 0.3) is 0 Å². The second-order valence-electron chi connectivity index (χ2n) is 8.66. The Kier molecular flexibility index (Phi) is 8.83. The number of dihydropyridines is 1.